The normalized spacial score (nSPS) is 21.9. The fourth-order valence-electron chi connectivity index (χ4n) is 3.61. The molecule has 0 aromatic heterocycles. The average Bonchev–Trinajstić information content (AvgIpc) is 2.52. The highest BCUT2D eigenvalue weighted by molar-refractivity contribution is 5.67. The highest BCUT2D eigenvalue weighted by Gasteiger charge is 2.30. The lowest BCUT2D eigenvalue weighted by Crippen LogP contribution is -2.52. The summed E-state index contributed by atoms with van der Waals surface area (Å²) < 4.78 is 10.9. The summed E-state index contributed by atoms with van der Waals surface area (Å²) in [5.41, 5.74) is -0.446. The lowest BCUT2D eigenvalue weighted by atomic mass is 9.98. The number of carbonyl (C=O) groups excluding carboxylic acids is 1. The van der Waals surface area contributed by atoms with E-state index in [1.807, 2.05) is 20.8 Å². The zero-order valence-corrected chi connectivity index (χ0v) is 15.8. The van der Waals surface area contributed by atoms with E-state index in [0.29, 0.717) is 18.6 Å². The molecule has 2 fully saturated rings. The summed E-state index contributed by atoms with van der Waals surface area (Å²) in [6.45, 7) is 11.2. The fraction of sp³-hybridized carbons (Fsp3) is 0.944. The molecular weight excluding hydrogens is 306 g/mol. The van der Waals surface area contributed by atoms with Crippen LogP contribution >= 0.6 is 0 Å². The van der Waals surface area contributed by atoms with Crippen LogP contribution in [0.1, 0.15) is 46.5 Å². The number of amides is 1. The molecule has 2 saturated heterocycles. The number of nitrogens with zero attached hydrogens (tertiary/aromatic N) is 2. The van der Waals surface area contributed by atoms with Gasteiger partial charge in [0.15, 0.2) is 0 Å². The molecule has 0 spiro atoms. The van der Waals surface area contributed by atoms with Crippen LogP contribution in [-0.2, 0) is 9.47 Å². The second-order valence-corrected chi connectivity index (χ2v) is 8.04. The third-order valence-electron chi connectivity index (χ3n) is 4.86. The molecule has 24 heavy (non-hydrogen) atoms. The number of hydrogen-bond acceptors (Lipinski definition) is 5. The van der Waals surface area contributed by atoms with E-state index in [4.69, 9.17) is 9.47 Å². The monoisotopic (exact) mass is 341 g/mol. The van der Waals surface area contributed by atoms with Crippen molar-refractivity contribution >= 4 is 6.09 Å². The molecule has 0 aromatic carbocycles. The molecule has 0 radical (unpaired) electrons. The Morgan fingerprint density at radius 3 is 2.33 bits per heavy atom. The van der Waals surface area contributed by atoms with Crippen LogP contribution in [0.15, 0.2) is 0 Å². The first-order valence-corrected chi connectivity index (χ1v) is 9.34. The van der Waals surface area contributed by atoms with Gasteiger partial charge in [-0.1, -0.05) is 0 Å². The third-order valence-corrected chi connectivity index (χ3v) is 4.86. The first kappa shape index (κ1) is 19.5. The van der Waals surface area contributed by atoms with Gasteiger partial charge < -0.3 is 19.7 Å². The van der Waals surface area contributed by atoms with Crippen molar-refractivity contribution < 1.29 is 14.3 Å². The van der Waals surface area contributed by atoms with Crippen LogP contribution in [0.2, 0.25) is 0 Å². The Labute approximate surface area is 146 Å². The van der Waals surface area contributed by atoms with Crippen LogP contribution < -0.4 is 5.32 Å². The Hall–Kier alpha value is -0.850. The van der Waals surface area contributed by atoms with Crippen LogP contribution in [-0.4, -0.2) is 80.0 Å². The topological polar surface area (TPSA) is 54.0 Å². The molecule has 0 atom stereocenters. The molecule has 2 aliphatic rings. The lowest BCUT2D eigenvalue weighted by Gasteiger charge is -2.43. The van der Waals surface area contributed by atoms with E-state index in [9.17, 15) is 4.79 Å². The highest BCUT2D eigenvalue weighted by Crippen LogP contribution is 2.23. The maximum Gasteiger partial charge on any atom is 0.407 e. The van der Waals surface area contributed by atoms with Gasteiger partial charge in [0.25, 0.3) is 0 Å². The van der Waals surface area contributed by atoms with Gasteiger partial charge in [-0.25, -0.2) is 4.79 Å². The van der Waals surface area contributed by atoms with Crippen molar-refractivity contribution in [1.29, 1.82) is 0 Å². The Balaban J connectivity index is 1.85. The van der Waals surface area contributed by atoms with Gasteiger partial charge in [0.05, 0.1) is 0 Å². The molecule has 0 aliphatic carbocycles. The maximum absolute atomic E-state index is 11.9. The van der Waals surface area contributed by atoms with E-state index < -0.39 is 5.60 Å². The SMILES string of the molecule is CN1CCC(N(CCNC(=O)OC(C)(C)C)C2CCOCC2)CC1. The van der Waals surface area contributed by atoms with Crippen molar-refractivity contribution in [2.24, 2.45) is 0 Å². The minimum absolute atomic E-state index is 0.321. The average molecular weight is 341 g/mol. The summed E-state index contributed by atoms with van der Waals surface area (Å²) in [5.74, 6) is 0. The molecule has 0 unspecified atom stereocenters. The van der Waals surface area contributed by atoms with E-state index in [-0.39, 0.29) is 6.09 Å². The largest absolute Gasteiger partial charge is 0.444 e. The number of hydrogen-bond donors (Lipinski definition) is 1. The van der Waals surface area contributed by atoms with Gasteiger partial charge in [0.1, 0.15) is 5.60 Å². The molecular formula is C18H35N3O3. The zero-order chi connectivity index (χ0) is 17.6. The van der Waals surface area contributed by atoms with E-state index in [2.05, 4.69) is 22.2 Å². The molecule has 0 aromatic rings. The van der Waals surface area contributed by atoms with Crippen molar-refractivity contribution in [2.75, 3.05) is 46.4 Å². The van der Waals surface area contributed by atoms with Gasteiger partial charge >= 0.3 is 6.09 Å². The summed E-state index contributed by atoms with van der Waals surface area (Å²) in [7, 11) is 2.19. The van der Waals surface area contributed by atoms with Crippen LogP contribution in [0.5, 0.6) is 0 Å². The number of ether oxygens (including phenoxy) is 2. The molecule has 1 N–H and O–H groups in total. The van der Waals surface area contributed by atoms with Crippen molar-refractivity contribution in [2.45, 2.75) is 64.1 Å². The van der Waals surface area contributed by atoms with Crippen molar-refractivity contribution in [3.05, 3.63) is 0 Å². The summed E-state index contributed by atoms with van der Waals surface area (Å²) >= 11 is 0. The quantitative estimate of drug-likeness (QED) is 0.830. The molecule has 1 amide bonds. The minimum atomic E-state index is -0.446. The van der Waals surface area contributed by atoms with Gasteiger partial charge in [0, 0.05) is 38.4 Å². The van der Waals surface area contributed by atoms with E-state index in [1.165, 1.54) is 12.8 Å². The van der Waals surface area contributed by atoms with Crippen LogP contribution in [0, 0.1) is 0 Å². The van der Waals surface area contributed by atoms with Crippen LogP contribution in [0.4, 0.5) is 4.79 Å². The smallest absolute Gasteiger partial charge is 0.407 e. The standard InChI is InChI=1S/C18H35N3O3/c1-18(2,3)24-17(22)19-9-12-21(16-7-13-23-14-8-16)15-5-10-20(4)11-6-15/h15-16H,5-14H2,1-4H3,(H,19,22). The van der Waals surface area contributed by atoms with Gasteiger partial charge in [-0.15, -0.1) is 0 Å². The second kappa shape index (κ2) is 9.02. The maximum atomic E-state index is 11.9. The molecule has 6 heteroatoms. The number of nitrogens with one attached hydrogen (secondary N) is 1. The second-order valence-electron chi connectivity index (χ2n) is 8.04. The Morgan fingerprint density at radius 1 is 1.17 bits per heavy atom. The molecule has 140 valence electrons. The summed E-state index contributed by atoms with van der Waals surface area (Å²) in [6, 6.07) is 1.19. The molecule has 0 bridgehead atoms. The highest BCUT2D eigenvalue weighted by atomic mass is 16.6. The number of likely N-dealkylation sites (tertiary alicyclic amines) is 1. The van der Waals surface area contributed by atoms with Crippen LogP contribution in [0.3, 0.4) is 0 Å². The molecule has 6 nitrogen and oxygen atoms in total. The lowest BCUT2D eigenvalue weighted by molar-refractivity contribution is 0.00342. The van der Waals surface area contributed by atoms with E-state index in [0.717, 1.165) is 45.7 Å². The molecule has 2 aliphatic heterocycles. The Kier molecular flexibility index (Phi) is 7.32. The zero-order valence-electron chi connectivity index (χ0n) is 15.8. The van der Waals surface area contributed by atoms with Crippen LogP contribution in [0.25, 0.3) is 0 Å². The number of piperidine rings is 1. The number of rotatable bonds is 5. The Morgan fingerprint density at radius 2 is 1.75 bits per heavy atom. The van der Waals surface area contributed by atoms with Gasteiger partial charge in [-0.05, 0) is 66.6 Å². The molecule has 2 rings (SSSR count). The first-order chi connectivity index (χ1) is 11.3. The summed E-state index contributed by atoms with van der Waals surface area (Å²) in [6.07, 6.45) is 4.29. The van der Waals surface area contributed by atoms with E-state index in [1.54, 1.807) is 0 Å². The van der Waals surface area contributed by atoms with Crippen molar-refractivity contribution in [1.82, 2.24) is 15.1 Å². The molecule has 2 heterocycles. The predicted octanol–water partition coefficient (Wildman–Crippen LogP) is 2.09. The number of alkyl carbamates (subject to hydrolysis) is 1. The van der Waals surface area contributed by atoms with Crippen molar-refractivity contribution in [3.8, 4) is 0 Å². The first-order valence-electron chi connectivity index (χ1n) is 9.34. The van der Waals surface area contributed by atoms with Gasteiger partial charge in [-0.2, -0.15) is 0 Å². The van der Waals surface area contributed by atoms with Crippen molar-refractivity contribution in [3.63, 3.8) is 0 Å². The van der Waals surface area contributed by atoms with E-state index >= 15 is 0 Å². The Bertz CT molecular complexity index is 383. The third kappa shape index (κ3) is 6.57. The fourth-order valence-corrected chi connectivity index (χ4v) is 3.61. The molecule has 0 saturated carbocycles. The predicted molar refractivity (Wildman–Crippen MR) is 95.3 cm³/mol. The summed E-state index contributed by atoms with van der Waals surface area (Å²) in [5, 5.41) is 2.91. The van der Waals surface area contributed by atoms with Gasteiger partial charge in [0.2, 0.25) is 0 Å². The number of carbonyl (C=O) groups is 1. The summed E-state index contributed by atoms with van der Waals surface area (Å²) in [4.78, 5) is 16.9. The minimum Gasteiger partial charge on any atom is -0.444 e. The van der Waals surface area contributed by atoms with Gasteiger partial charge in [-0.3, -0.25) is 4.90 Å².